The van der Waals surface area contributed by atoms with Crippen LogP contribution in [-0.2, 0) is 22.9 Å². The van der Waals surface area contributed by atoms with Gasteiger partial charge in [0.2, 0.25) is 0 Å². The molecular formula is C23H22ClN3O3S. The van der Waals surface area contributed by atoms with Crippen LogP contribution in [-0.4, -0.2) is 32.4 Å². The molecule has 6 nitrogen and oxygen atoms in total. The van der Waals surface area contributed by atoms with Gasteiger partial charge in [-0.15, -0.1) is 0 Å². The van der Waals surface area contributed by atoms with Crippen LogP contribution >= 0.6 is 11.6 Å². The fourth-order valence-corrected chi connectivity index (χ4v) is 5.45. The molecule has 0 saturated heterocycles. The van der Waals surface area contributed by atoms with Gasteiger partial charge in [0.25, 0.3) is 15.9 Å². The van der Waals surface area contributed by atoms with Crippen molar-refractivity contribution in [2.45, 2.75) is 24.2 Å². The van der Waals surface area contributed by atoms with Crippen LogP contribution in [0, 0.1) is 0 Å². The second-order valence-corrected chi connectivity index (χ2v) is 9.59. The number of amides is 1. The van der Waals surface area contributed by atoms with Crippen LogP contribution in [0.15, 0.2) is 71.9 Å². The lowest BCUT2D eigenvalue weighted by Gasteiger charge is -2.30. The van der Waals surface area contributed by atoms with Crippen LogP contribution in [0.3, 0.4) is 0 Å². The lowest BCUT2D eigenvalue weighted by Crippen LogP contribution is -2.35. The highest BCUT2D eigenvalue weighted by Crippen LogP contribution is 2.32. The fourth-order valence-electron chi connectivity index (χ4n) is 3.68. The molecule has 2 aromatic carbocycles. The first-order chi connectivity index (χ1) is 15.0. The average molecular weight is 456 g/mol. The molecule has 2 heterocycles. The van der Waals surface area contributed by atoms with Crippen molar-refractivity contribution in [2.24, 2.45) is 0 Å². The Kier molecular flexibility index (Phi) is 6.25. The number of pyridine rings is 1. The molecule has 0 fully saturated rings. The summed E-state index contributed by atoms with van der Waals surface area (Å²) in [5, 5.41) is 3.01. The predicted molar refractivity (Wildman–Crippen MR) is 121 cm³/mol. The highest BCUT2D eigenvalue weighted by atomic mass is 35.5. The van der Waals surface area contributed by atoms with E-state index in [1.165, 1.54) is 22.5 Å². The maximum Gasteiger partial charge on any atom is 0.264 e. The van der Waals surface area contributed by atoms with Gasteiger partial charge in [0, 0.05) is 25.5 Å². The highest BCUT2D eigenvalue weighted by molar-refractivity contribution is 7.92. The van der Waals surface area contributed by atoms with Gasteiger partial charge in [-0.05, 0) is 60.7 Å². The molecule has 0 atom stereocenters. The summed E-state index contributed by atoms with van der Waals surface area (Å²) < 4.78 is 28.2. The molecular weight excluding hydrogens is 434 g/mol. The number of halogens is 1. The minimum absolute atomic E-state index is 0.0472. The van der Waals surface area contributed by atoms with Crippen molar-refractivity contribution in [2.75, 3.05) is 17.4 Å². The van der Waals surface area contributed by atoms with E-state index in [9.17, 15) is 13.2 Å². The number of carbonyl (C=O) groups excluding carboxylic acids is 1. The number of para-hydroxylation sites is 1. The number of carbonyl (C=O) groups is 1. The normalized spacial score (nSPS) is 13.5. The zero-order valence-electron chi connectivity index (χ0n) is 16.8. The van der Waals surface area contributed by atoms with Crippen molar-refractivity contribution in [1.82, 2.24) is 10.3 Å². The first kappa shape index (κ1) is 21.3. The average Bonchev–Trinajstić information content (AvgIpc) is 2.79. The molecule has 31 heavy (non-hydrogen) atoms. The van der Waals surface area contributed by atoms with Crippen molar-refractivity contribution in [3.63, 3.8) is 0 Å². The van der Waals surface area contributed by atoms with Crippen LogP contribution in [0.25, 0.3) is 0 Å². The molecule has 160 valence electrons. The topological polar surface area (TPSA) is 79.4 Å². The summed E-state index contributed by atoms with van der Waals surface area (Å²) in [6.45, 7) is 0.784. The smallest absolute Gasteiger partial charge is 0.264 e. The van der Waals surface area contributed by atoms with Gasteiger partial charge in [-0.2, -0.15) is 0 Å². The Morgan fingerprint density at radius 3 is 2.77 bits per heavy atom. The summed E-state index contributed by atoms with van der Waals surface area (Å²) in [5.74, 6) is -0.412. The largest absolute Gasteiger partial charge is 0.352 e. The number of fused-ring (bicyclic) bond motifs is 1. The quantitative estimate of drug-likeness (QED) is 0.612. The molecule has 8 heteroatoms. The Labute approximate surface area is 186 Å². The first-order valence-electron chi connectivity index (χ1n) is 10.0. The van der Waals surface area contributed by atoms with Crippen LogP contribution in [0.4, 0.5) is 5.69 Å². The molecule has 0 unspecified atom stereocenters. The Hall–Kier alpha value is -2.90. The number of rotatable bonds is 6. The second-order valence-electron chi connectivity index (χ2n) is 7.32. The van der Waals surface area contributed by atoms with E-state index >= 15 is 0 Å². The summed E-state index contributed by atoms with van der Waals surface area (Å²) in [5.41, 5.74) is 2.82. The van der Waals surface area contributed by atoms with E-state index in [1.807, 2.05) is 36.4 Å². The van der Waals surface area contributed by atoms with Crippen molar-refractivity contribution >= 4 is 33.2 Å². The third kappa shape index (κ3) is 4.57. The predicted octanol–water partition coefficient (Wildman–Crippen LogP) is 3.85. The molecule has 0 radical (unpaired) electrons. The third-order valence-electron chi connectivity index (χ3n) is 5.26. The van der Waals surface area contributed by atoms with Crippen molar-refractivity contribution in [3.05, 3.63) is 88.7 Å². The van der Waals surface area contributed by atoms with E-state index < -0.39 is 15.9 Å². The van der Waals surface area contributed by atoms with Crippen LogP contribution in [0.5, 0.6) is 0 Å². The summed E-state index contributed by atoms with van der Waals surface area (Å²) >= 11 is 6.22. The van der Waals surface area contributed by atoms with Gasteiger partial charge in [0.1, 0.15) is 0 Å². The van der Waals surface area contributed by atoms with Crippen LogP contribution in [0.2, 0.25) is 5.02 Å². The molecule has 4 rings (SSSR count). The van der Waals surface area contributed by atoms with E-state index in [-0.39, 0.29) is 15.5 Å². The van der Waals surface area contributed by atoms with Gasteiger partial charge in [0.05, 0.1) is 21.2 Å². The van der Waals surface area contributed by atoms with Gasteiger partial charge in [-0.1, -0.05) is 35.9 Å². The lowest BCUT2D eigenvalue weighted by atomic mass is 10.0. The van der Waals surface area contributed by atoms with E-state index in [1.54, 1.807) is 12.4 Å². The third-order valence-corrected chi connectivity index (χ3v) is 7.40. The molecule has 1 aromatic heterocycles. The minimum Gasteiger partial charge on any atom is -0.352 e. The van der Waals surface area contributed by atoms with Crippen molar-refractivity contribution in [1.29, 1.82) is 0 Å². The minimum atomic E-state index is -3.83. The summed E-state index contributed by atoms with van der Waals surface area (Å²) in [6, 6.07) is 15.5. The monoisotopic (exact) mass is 455 g/mol. The zero-order chi connectivity index (χ0) is 21.8. The molecule has 1 aliphatic heterocycles. The van der Waals surface area contributed by atoms with E-state index in [2.05, 4.69) is 10.3 Å². The number of nitrogens with one attached hydrogen (secondary N) is 1. The van der Waals surface area contributed by atoms with E-state index in [0.29, 0.717) is 25.2 Å². The number of aromatic nitrogens is 1. The van der Waals surface area contributed by atoms with Gasteiger partial charge in [-0.25, -0.2) is 8.42 Å². The summed E-state index contributed by atoms with van der Waals surface area (Å²) in [7, 11) is -3.83. The highest BCUT2D eigenvalue weighted by Gasteiger charge is 2.29. The molecule has 0 saturated carbocycles. The molecule has 0 aliphatic carbocycles. The maximum absolute atomic E-state index is 13.4. The van der Waals surface area contributed by atoms with E-state index in [0.717, 1.165) is 24.0 Å². The molecule has 1 amide bonds. The summed E-state index contributed by atoms with van der Waals surface area (Å²) in [4.78, 5) is 16.8. The molecule has 3 aromatic rings. The molecule has 0 bridgehead atoms. The number of benzene rings is 2. The Balaban J connectivity index is 1.55. The van der Waals surface area contributed by atoms with E-state index in [4.69, 9.17) is 11.6 Å². The standard InChI is InChI=1S/C23H22ClN3O3S/c24-21-10-9-19(15-20(21)23(28)26-13-11-17-5-3-12-25-16-17)31(29,30)27-14-4-7-18-6-1-2-8-22(18)27/h1-3,5-6,8-10,12,15-16H,4,7,11,13-14H2,(H,26,28). The molecule has 1 N–H and O–H groups in total. The Morgan fingerprint density at radius 2 is 1.97 bits per heavy atom. The summed E-state index contributed by atoms with van der Waals surface area (Å²) in [6.07, 6.45) is 5.62. The van der Waals surface area contributed by atoms with Crippen LogP contribution < -0.4 is 9.62 Å². The number of hydrogen-bond acceptors (Lipinski definition) is 4. The maximum atomic E-state index is 13.4. The first-order valence-corrected chi connectivity index (χ1v) is 11.9. The lowest BCUT2D eigenvalue weighted by molar-refractivity contribution is 0.0954. The number of sulfonamides is 1. The zero-order valence-corrected chi connectivity index (χ0v) is 18.4. The number of anilines is 1. The van der Waals surface area contributed by atoms with Crippen molar-refractivity contribution in [3.8, 4) is 0 Å². The fraction of sp³-hybridized carbons (Fsp3) is 0.217. The number of aryl methyl sites for hydroxylation is 1. The number of hydrogen-bond donors (Lipinski definition) is 1. The van der Waals surface area contributed by atoms with Crippen molar-refractivity contribution < 1.29 is 13.2 Å². The van der Waals surface area contributed by atoms with Gasteiger partial charge in [0.15, 0.2) is 0 Å². The van der Waals surface area contributed by atoms with Gasteiger partial charge in [-0.3, -0.25) is 14.1 Å². The SMILES string of the molecule is O=C(NCCc1cccnc1)c1cc(S(=O)(=O)N2CCCc3ccccc32)ccc1Cl. The molecule has 1 aliphatic rings. The van der Waals surface area contributed by atoms with Gasteiger partial charge >= 0.3 is 0 Å². The molecule has 0 spiro atoms. The second kappa shape index (κ2) is 9.08. The van der Waals surface area contributed by atoms with Gasteiger partial charge < -0.3 is 5.32 Å². The van der Waals surface area contributed by atoms with Crippen LogP contribution in [0.1, 0.15) is 27.9 Å². The number of nitrogens with zero attached hydrogens (tertiary/aromatic N) is 2. The Morgan fingerprint density at radius 1 is 1.13 bits per heavy atom. The Bertz CT molecular complexity index is 1200.